The van der Waals surface area contributed by atoms with Crippen molar-refractivity contribution in [2.75, 3.05) is 17.7 Å². The second kappa shape index (κ2) is 7.47. The van der Waals surface area contributed by atoms with Gasteiger partial charge in [-0.15, -0.1) is 0 Å². The van der Waals surface area contributed by atoms with E-state index in [9.17, 15) is 4.79 Å². The van der Waals surface area contributed by atoms with Gasteiger partial charge in [0.15, 0.2) is 11.6 Å². The average molecular weight is 409 g/mol. The maximum Gasteiger partial charge on any atom is 0.324 e. The summed E-state index contributed by atoms with van der Waals surface area (Å²) in [5.41, 5.74) is 5.23. The second-order valence-corrected chi connectivity index (χ2v) is 7.84. The minimum absolute atomic E-state index is 0.186. The molecule has 0 atom stereocenters. The fourth-order valence-electron chi connectivity index (χ4n) is 2.78. The predicted octanol–water partition coefficient (Wildman–Crippen LogP) is 3.39. The molecule has 1 aromatic heterocycles. The van der Waals surface area contributed by atoms with Crippen LogP contribution >= 0.6 is 0 Å². The van der Waals surface area contributed by atoms with Crippen LogP contribution in [0.3, 0.4) is 0 Å². The number of anilines is 2. The Hall–Kier alpha value is -3.95. The smallest absolute Gasteiger partial charge is 0.324 e. The molecule has 10 heteroatoms. The molecule has 4 rings (SSSR count). The Morgan fingerprint density at radius 1 is 1.17 bits per heavy atom. The van der Waals surface area contributed by atoms with Gasteiger partial charge in [0.2, 0.25) is 0 Å². The number of hydrazine groups is 1. The number of carbonyl (C=O) groups is 1. The van der Waals surface area contributed by atoms with E-state index in [1.807, 2.05) is 39.0 Å². The number of nitrogens with one attached hydrogen (secondary N) is 3. The lowest BCUT2D eigenvalue weighted by atomic mass is 9.93. The van der Waals surface area contributed by atoms with Crippen LogP contribution in [0.5, 0.6) is 5.75 Å². The average Bonchev–Trinajstić information content (AvgIpc) is 3.31. The van der Waals surface area contributed by atoms with Crippen molar-refractivity contribution in [1.29, 1.82) is 0 Å². The number of aromatic nitrogens is 1. The first kappa shape index (κ1) is 19.4. The van der Waals surface area contributed by atoms with E-state index in [-0.39, 0.29) is 5.41 Å². The highest BCUT2D eigenvalue weighted by Gasteiger charge is 2.25. The Morgan fingerprint density at radius 2 is 1.93 bits per heavy atom. The molecule has 0 unspecified atom stereocenters. The van der Waals surface area contributed by atoms with Gasteiger partial charge in [-0.2, -0.15) is 5.06 Å². The maximum absolute atomic E-state index is 12.2. The van der Waals surface area contributed by atoms with Gasteiger partial charge in [-0.1, -0.05) is 25.9 Å². The normalized spacial score (nSPS) is 15.2. The first-order chi connectivity index (χ1) is 14.3. The fourth-order valence-corrected chi connectivity index (χ4v) is 2.78. The summed E-state index contributed by atoms with van der Waals surface area (Å²) in [6.45, 7) is 6.02. The SMILES string of the molecule is CN1NC=C2C1=CN=CN2Oc1ccc(NC(=O)Nc2cc(C(C)(C)C)on2)cc1. The third-order valence-electron chi connectivity index (χ3n) is 4.43. The molecule has 2 aliphatic heterocycles. The number of amides is 2. The Kier molecular flexibility index (Phi) is 4.82. The third kappa shape index (κ3) is 4.07. The van der Waals surface area contributed by atoms with Crippen molar-refractivity contribution < 1.29 is 14.2 Å². The number of aliphatic imine (C=N–C) groups is 1. The standard InChI is InChI=1S/C20H23N7O3/c1-20(2,3)17-9-18(25-29-17)24-19(28)23-13-5-7-14(8-6-13)30-27-12-21-10-15-16(27)11-22-26(15)4/h5-12,22H,1-4H3,(H2,23,24,25,28). The molecule has 30 heavy (non-hydrogen) atoms. The predicted molar refractivity (Wildman–Crippen MR) is 112 cm³/mol. The number of hydroxylamine groups is 2. The molecule has 2 aromatic rings. The van der Waals surface area contributed by atoms with Gasteiger partial charge in [-0.3, -0.25) is 10.3 Å². The topological polar surface area (TPSA) is 107 Å². The lowest BCUT2D eigenvalue weighted by Crippen LogP contribution is -2.30. The second-order valence-electron chi connectivity index (χ2n) is 7.84. The molecule has 0 bridgehead atoms. The zero-order chi connectivity index (χ0) is 21.3. The van der Waals surface area contributed by atoms with Crippen molar-refractivity contribution in [3.05, 3.63) is 59.9 Å². The van der Waals surface area contributed by atoms with Gasteiger partial charge < -0.3 is 20.1 Å². The number of carbonyl (C=O) groups excluding carboxylic acids is 1. The number of likely N-dealkylation sites (N-methyl/N-ethyl adjacent to an activating group) is 1. The Morgan fingerprint density at radius 3 is 2.63 bits per heavy atom. The van der Waals surface area contributed by atoms with Crippen LogP contribution < -0.4 is 20.9 Å². The molecule has 3 heterocycles. The third-order valence-corrected chi connectivity index (χ3v) is 4.43. The molecule has 0 fully saturated rings. The molecule has 1 aromatic carbocycles. The van der Waals surface area contributed by atoms with Crippen LogP contribution in [0.25, 0.3) is 0 Å². The lowest BCUT2D eigenvalue weighted by molar-refractivity contribution is 0.0628. The quantitative estimate of drug-likeness (QED) is 0.710. The molecular formula is C20H23N7O3. The van der Waals surface area contributed by atoms with Crippen LogP contribution in [-0.2, 0) is 5.41 Å². The first-order valence-corrected chi connectivity index (χ1v) is 9.36. The summed E-state index contributed by atoms with van der Waals surface area (Å²) in [4.78, 5) is 22.3. The highest BCUT2D eigenvalue weighted by atomic mass is 16.7. The summed E-state index contributed by atoms with van der Waals surface area (Å²) in [6.07, 6.45) is 5.16. The van der Waals surface area contributed by atoms with Crippen LogP contribution in [0, 0.1) is 0 Å². The summed E-state index contributed by atoms with van der Waals surface area (Å²) < 4.78 is 5.26. The van der Waals surface area contributed by atoms with Gasteiger partial charge in [-0.05, 0) is 24.3 Å². The van der Waals surface area contributed by atoms with E-state index < -0.39 is 6.03 Å². The highest BCUT2D eigenvalue weighted by Crippen LogP contribution is 2.26. The molecule has 156 valence electrons. The fraction of sp³-hybridized carbons (Fsp3) is 0.250. The van der Waals surface area contributed by atoms with E-state index in [4.69, 9.17) is 9.36 Å². The minimum atomic E-state index is -0.416. The number of benzene rings is 1. The Bertz CT molecular complexity index is 1030. The van der Waals surface area contributed by atoms with Gasteiger partial charge in [-0.25, -0.2) is 9.79 Å². The van der Waals surface area contributed by atoms with Gasteiger partial charge in [0.25, 0.3) is 0 Å². The first-order valence-electron chi connectivity index (χ1n) is 9.36. The van der Waals surface area contributed by atoms with Crippen molar-refractivity contribution in [3.63, 3.8) is 0 Å². The van der Waals surface area contributed by atoms with E-state index >= 15 is 0 Å². The van der Waals surface area contributed by atoms with Crippen molar-refractivity contribution in [2.24, 2.45) is 4.99 Å². The molecule has 0 radical (unpaired) electrons. The maximum atomic E-state index is 12.2. The van der Waals surface area contributed by atoms with Crippen molar-refractivity contribution >= 4 is 23.9 Å². The highest BCUT2D eigenvalue weighted by molar-refractivity contribution is 5.99. The number of hydrogen-bond donors (Lipinski definition) is 3. The zero-order valence-electron chi connectivity index (χ0n) is 17.1. The van der Waals surface area contributed by atoms with Crippen LogP contribution in [0.1, 0.15) is 26.5 Å². The minimum Gasteiger partial charge on any atom is -0.374 e. The van der Waals surface area contributed by atoms with Crippen LogP contribution in [0.4, 0.5) is 16.3 Å². The number of fused-ring (bicyclic) bond motifs is 1. The van der Waals surface area contributed by atoms with Gasteiger partial charge in [0.05, 0.1) is 6.20 Å². The van der Waals surface area contributed by atoms with Crippen molar-refractivity contribution in [2.45, 2.75) is 26.2 Å². The summed E-state index contributed by atoms with van der Waals surface area (Å²) in [5, 5.41) is 12.7. The van der Waals surface area contributed by atoms with Crippen molar-refractivity contribution in [1.82, 2.24) is 20.7 Å². The lowest BCUT2D eigenvalue weighted by Gasteiger charge is -2.25. The van der Waals surface area contributed by atoms with Crippen LogP contribution in [0.15, 0.2) is 63.6 Å². The number of urea groups is 1. The summed E-state index contributed by atoms with van der Waals surface area (Å²) in [5.74, 6) is 1.64. The molecule has 2 amide bonds. The van der Waals surface area contributed by atoms with E-state index in [1.165, 1.54) is 0 Å². The van der Waals surface area contributed by atoms with E-state index in [0.717, 1.165) is 11.4 Å². The summed E-state index contributed by atoms with van der Waals surface area (Å²) >= 11 is 0. The van der Waals surface area contributed by atoms with E-state index in [1.54, 1.807) is 47.9 Å². The number of hydrogen-bond acceptors (Lipinski definition) is 8. The van der Waals surface area contributed by atoms with Crippen LogP contribution in [0.2, 0.25) is 0 Å². The summed E-state index contributed by atoms with van der Waals surface area (Å²) in [7, 11) is 1.89. The molecule has 0 saturated carbocycles. The Labute approximate surface area is 173 Å². The molecule has 3 N–H and O–H groups in total. The van der Waals surface area contributed by atoms with E-state index in [2.05, 4.69) is 26.2 Å². The van der Waals surface area contributed by atoms with Gasteiger partial charge in [0.1, 0.15) is 23.5 Å². The monoisotopic (exact) mass is 409 g/mol. The molecular weight excluding hydrogens is 386 g/mol. The molecule has 0 aliphatic carbocycles. The number of rotatable bonds is 4. The summed E-state index contributed by atoms with van der Waals surface area (Å²) in [6, 6.07) is 8.28. The molecule has 2 aliphatic rings. The molecule has 0 saturated heterocycles. The molecule has 10 nitrogen and oxygen atoms in total. The molecule has 0 spiro atoms. The van der Waals surface area contributed by atoms with Gasteiger partial charge in [0, 0.05) is 30.4 Å². The van der Waals surface area contributed by atoms with Gasteiger partial charge >= 0.3 is 6.03 Å². The Balaban J connectivity index is 1.34. The largest absolute Gasteiger partial charge is 0.374 e. The van der Waals surface area contributed by atoms with E-state index in [0.29, 0.717) is 23.0 Å². The van der Waals surface area contributed by atoms with Crippen molar-refractivity contribution in [3.8, 4) is 5.75 Å². The van der Waals surface area contributed by atoms with Crippen LogP contribution in [-0.4, -0.2) is 34.6 Å². The number of nitrogens with zero attached hydrogens (tertiary/aromatic N) is 4. The zero-order valence-corrected chi connectivity index (χ0v) is 17.1.